The standard InChI is InChI=1S/C14H15N/c1-11(15)6-7-12-8-9-13-4-2-3-5-14(13)10-12/h2-11H,15H2,1H3/b7-6+/t11-/m1/s1. The van der Waals surface area contributed by atoms with Crippen LogP contribution >= 0.6 is 0 Å². The Morgan fingerprint density at radius 1 is 1.07 bits per heavy atom. The molecule has 2 aromatic carbocycles. The Kier molecular flexibility index (Phi) is 2.84. The first-order chi connectivity index (χ1) is 7.25. The SMILES string of the molecule is C[C@@H](N)/C=C/c1ccc2ccccc2c1. The van der Waals surface area contributed by atoms with E-state index >= 15 is 0 Å². The summed E-state index contributed by atoms with van der Waals surface area (Å²) in [7, 11) is 0. The van der Waals surface area contributed by atoms with E-state index in [2.05, 4.69) is 48.5 Å². The Bertz CT molecular complexity index is 483. The molecule has 0 saturated heterocycles. The molecule has 0 aliphatic carbocycles. The lowest BCUT2D eigenvalue weighted by Crippen LogP contribution is -2.09. The Labute approximate surface area is 90.2 Å². The van der Waals surface area contributed by atoms with Crippen LogP contribution in [0.4, 0.5) is 0 Å². The molecule has 0 aromatic heterocycles. The van der Waals surface area contributed by atoms with Gasteiger partial charge in [-0.25, -0.2) is 0 Å². The molecule has 0 bridgehead atoms. The van der Waals surface area contributed by atoms with Crippen molar-refractivity contribution in [3.63, 3.8) is 0 Å². The second-order valence-corrected chi connectivity index (χ2v) is 3.82. The molecule has 0 fully saturated rings. The summed E-state index contributed by atoms with van der Waals surface area (Å²) >= 11 is 0. The summed E-state index contributed by atoms with van der Waals surface area (Å²) in [4.78, 5) is 0. The predicted molar refractivity (Wildman–Crippen MR) is 66.6 cm³/mol. The van der Waals surface area contributed by atoms with E-state index in [4.69, 9.17) is 5.73 Å². The topological polar surface area (TPSA) is 26.0 Å². The predicted octanol–water partition coefficient (Wildman–Crippen LogP) is 3.20. The molecule has 1 heteroatoms. The second kappa shape index (κ2) is 4.28. The second-order valence-electron chi connectivity index (χ2n) is 3.82. The first-order valence-corrected chi connectivity index (χ1v) is 5.18. The van der Waals surface area contributed by atoms with Crippen LogP contribution in [0.15, 0.2) is 48.5 Å². The van der Waals surface area contributed by atoms with Gasteiger partial charge in [0.15, 0.2) is 0 Å². The average molecular weight is 197 g/mol. The number of hydrogen-bond acceptors (Lipinski definition) is 1. The van der Waals surface area contributed by atoms with Crippen LogP contribution in [0.1, 0.15) is 12.5 Å². The molecular weight excluding hydrogens is 182 g/mol. The van der Waals surface area contributed by atoms with Crippen molar-refractivity contribution < 1.29 is 0 Å². The first kappa shape index (κ1) is 9.94. The van der Waals surface area contributed by atoms with Gasteiger partial charge in [-0.05, 0) is 29.3 Å². The summed E-state index contributed by atoms with van der Waals surface area (Å²) in [6.45, 7) is 1.97. The molecule has 0 heterocycles. The van der Waals surface area contributed by atoms with Gasteiger partial charge in [-0.15, -0.1) is 0 Å². The van der Waals surface area contributed by atoms with E-state index in [0.717, 1.165) is 0 Å². The maximum absolute atomic E-state index is 5.67. The van der Waals surface area contributed by atoms with Crippen LogP contribution in [0.25, 0.3) is 16.8 Å². The fourth-order valence-corrected chi connectivity index (χ4v) is 1.57. The molecule has 0 unspecified atom stereocenters. The van der Waals surface area contributed by atoms with Gasteiger partial charge in [0.2, 0.25) is 0 Å². The molecule has 0 spiro atoms. The minimum atomic E-state index is 0.108. The van der Waals surface area contributed by atoms with Gasteiger partial charge in [-0.3, -0.25) is 0 Å². The zero-order chi connectivity index (χ0) is 10.7. The maximum atomic E-state index is 5.67. The molecule has 76 valence electrons. The molecule has 2 rings (SSSR count). The van der Waals surface area contributed by atoms with E-state index in [-0.39, 0.29) is 6.04 Å². The molecule has 1 atom stereocenters. The van der Waals surface area contributed by atoms with Crippen LogP contribution in [-0.2, 0) is 0 Å². The van der Waals surface area contributed by atoms with Crippen molar-refractivity contribution in [1.29, 1.82) is 0 Å². The van der Waals surface area contributed by atoms with Crippen LogP contribution in [0.3, 0.4) is 0 Å². The molecule has 0 amide bonds. The van der Waals surface area contributed by atoms with Crippen LogP contribution in [0.2, 0.25) is 0 Å². The Balaban J connectivity index is 2.39. The molecule has 0 aliphatic rings. The summed E-state index contributed by atoms with van der Waals surface area (Å²) in [5, 5.41) is 2.54. The average Bonchev–Trinajstić information content (AvgIpc) is 2.26. The van der Waals surface area contributed by atoms with Gasteiger partial charge in [0.25, 0.3) is 0 Å². The van der Waals surface area contributed by atoms with Gasteiger partial charge in [-0.1, -0.05) is 48.6 Å². The highest BCUT2D eigenvalue weighted by molar-refractivity contribution is 5.84. The van der Waals surface area contributed by atoms with Gasteiger partial charge in [0.05, 0.1) is 0 Å². The highest BCUT2D eigenvalue weighted by atomic mass is 14.6. The first-order valence-electron chi connectivity index (χ1n) is 5.18. The van der Waals surface area contributed by atoms with Gasteiger partial charge in [0.1, 0.15) is 0 Å². The van der Waals surface area contributed by atoms with Crippen LogP contribution in [0, 0.1) is 0 Å². The molecule has 2 aromatic rings. The summed E-state index contributed by atoms with van der Waals surface area (Å²) in [5.74, 6) is 0. The molecule has 15 heavy (non-hydrogen) atoms. The summed E-state index contributed by atoms with van der Waals surface area (Å²) in [6.07, 6.45) is 4.07. The van der Waals surface area contributed by atoms with E-state index < -0.39 is 0 Å². The lowest BCUT2D eigenvalue weighted by molar-refractivity contribution is 0.931. The summed E-state index contributed by atoms with van der Waals surface area (Å²) in [5.41, 5.74) is 6.87. The number of hydrogen-bond donors (Lipinski definition) is 1. The monoisotopic (exact) mass is 197 g/mol. The van der Waals surface area contributed by atoms with E-state index in [1.165, 1.54) is 16.3 Å². The molecule has 0 aliphatic heterocycles. The zero-order valence-corrected chi connectivity index (χ0v) is 8.85. The summed E-state index contributed by atoms with van der Waals surface area (Å²) in [6, 6.07) is 14.9. The van der Waals surface area contributed by atoms with E-state index in [0.29, 0.717) is 0 Å². The fraction of sp³-hybridized carbons (Fsp3) is 0.143. The smallest absolute Gasteiger partial charge is 0.0198 e. The van der Waals surface area contributed by atoms with Crippen molar-refractivity contribution in [2.75, 3.05) is 0 Å². The third-order valence-corrected chi connectivity index (χ3v) is 2.37. The number of rotatable bonds is 2. The lowest BCUT2D eigenvalue weighted by atomic mass is 10.1. The van der Waals surface area contributed by atoms with Gasteiger partial charge in [0, 0.05) is 6.04 Å². The third-order valence-electron chi connectivity index (χ3n) is 2.37. The zero-order valence-electron chi connectivity index (χ0n) is 8.85. The largest absolute Gasteiger partial charge is 0.325 e. The summed E-state index contributed by atoms with van der Waals surface area (Å²) < 4.78 is 0. The van der Waals surface area contributed by atoms with Crippen molar-refractivity contribution in [3.8, 4) is 0 Å². The minimum Gasteiger partial charge on any atom is -0.325 e. The van der Waals surface area contributed by atoms with E-state index in [1.54, 1.807) is 0 Å². The number of nitrogens with two attached hydrogens (primary N) is 1. The molecule has 1 nitrogen and oxygen atoms in total. The van der Waals surface area contributed by atoms with Crippen LogP contribution in [-0.4, -0.2) is 6.04 Å². The minimum absolute atomic E-state index is 0.108. The van der Waals surface area contributed by atoms with Gasteiger partial charge in [-0.2, -0.15) is 0 Å². The van der Waals surface area contributed by atoms with Crippen molar-refractivity contribution in [2.24, 2.45) is 5.73 Å². The fourth-order valence-electron chi connectivity index (χ4n) is 1.57. The normalized spacial score (nSPS) is 13.5. The highest BCUT2D eigenvalue weighted by Gasteiger charge is 1.93. The molecule has 0 radical (unpaired) electrons. The van der Waals surface area contributed by atoms with E-state index in [1.807, 2.05) is 13.0 Å². The Morgan fingerprint density at radius 2 is 1.80 bits per heavy atom. The number of benzene rings is 2. The molecule has 0 saturated carbocycles. The Hall–Kier alpha value is -1.60. The van der Waals surface area contributed by atoms with Crippen LogP contribution < -0.4 is 5.73 Å². The van der Waals surface area contributed by atoms with Gasteiger partial charge >= 0.3 is 0 Å². The highest BCUT2D eigenvalue weighted by Crippen LogP contribution is 2.16. The van der Waals surface area contributed by atoms with Crippen molar-refractivity contribution in [3.05, 3.63) is 54.1 Å². The van der Waals surface area contributed by atoms with Gasteiger partial charge < -0.3 is 5.73 Å². The third kappa shape index (κ3) is 2.45. The Morgan fingerprint density at radius 3 is 2.53 bits per heavy atom. The number of fused-ring (bicyclic) bond motifs is 1. The lowest BCUT2D eigenvalue weighted by Gasteiger charge is -2.00. The van der Waals surface area contributed by atoms with Crippen LogP contribution in [0.5, 0.6) is 0 Å². The molecular formula is C14H15N. The molecule has 2 N–H and O–H groups in total. The van der Waals surface area contributed by atoms with Crippen molar-refractivity contribution >= 4 is 16.8 Å². The maximum Gasteiger partial charge on any atom is 0.0198 e. The quantitative estimate of drug-likeness (QED) is 0.786. The van der Waals surface area contributed by atoms with E-state index in [9.17, 15) is 0 Å². The van der Waals surface area contributed by atoms with Crippen molar-refractivity contribution in [2.45, 2.75) is 13.0 Å². The van der Waals surface area contributed by atoms with Crippen molar-refractivity contribution in [1.82, 2.24) is 0 Å².